The monoisotopic (exact) mass is 691 g/mol. The van der Waals surface area contributed by atoms with Crippen LogP contribution in [0.15, 0.2) is 120 Å². The van der Waals surface area contributed by atoms with Crippen LogP contribution in [0, 0.1) is 0 Å². The van der Waals surface area contributed by atoms with Gasteiger partial charge in [0.2, 0.25) is 5.91 Å². The van der Waals surface area contributed by atoms with Crippen LogP contribution in [0.25, 0.3) is 21.9 Å². The molecule has 0 saturated carbocycles. The number of hydrogen-bond acceptors (Lipinski definition) is 3. The number of benzene rings is 5. The molecule has 1 aliphatic heterocycles. The van der Waals surface area contributed by atoms with Crippen LogP contribution in [0.3, 0.4) is 0 Å². The molecule has 250 valence electrons. The molecule has 5 aromatic rings. The van der Waals surface area contributed by atoms with E-state index in [1.54, 1.807) is 12.1 Å². The topological polar surface area (TPSA) is 105 Å². The Labute approximate surface area is 297 Å². The zero-order chi connectivity index (χ0) is 34.3. The van der Waals surface area contributed by atoms with Crippen molar-refractivity contribution >= 4 is 51.7 Å². The van der Waals surface area contributed by atoms with Crippen LogP contribution in [0.2, 0.25) is 10.0 Å². The number of carbonyl (C=O) groups excluding carboxylic acids is 2. The van der Waals surface area contributed by atoms with Gasteiger partial charge >= 0.3 is 0 Å². The van der Waals surface area contributed by atoms with E-state index in [-0.39, 0.29) is 36.3 Å². The third-order valence-electron chi connectivity index (χ3n) is 9.13. The Kier molecular flexibility index (Phi) is 10.8. The van der Waals surface area contributed by atoms with Gasteiger partial charge in [0.25, 0.3) is 5.91 Å². The van der Waals surface area contributed by atoms with Crippen molar-refractivity contribution in [2.45, 2.75) is 37.8 Å². The van der Waals surface area contributed by atoms with Crippen LogP contribution in [-0.2, 0) is 17.6 Å². The number of guanidine groups is 1. The van der Waals surface area contributed by atoms with Crippen molar-refractivity contribution in [1.29, 1.82) is 0 Å². The van der Waals surface area contributed by atoms with Gasteiger partial charge in [-0.15, -0.1) is 0 Å². The van der Waals surface area contributed by atoms with Crippen molar-refractivity contribution in [2.75, 3.05) is 19.6 Å². The zero-order valence-corrected chi connectivity index (χ0v) is 28.7. The van der Waals surface area contributed by atoms with E-state index < -0.39 is 0 Å². The third-order valence-corrected chi connectivity index (χ3v) is 9.68. The number of aliphatic imine (C=N–C) groups is 1. The van der Waals surface area contributed by atoms with Crippen LogP contribution < -0.4 is 11.5 Å². The third kappa shape index (κ3) is 8.24. The molecular weight excluding hydrogens is 653 g/mol. The van der Waals surface area contributed by atoms with Crippen LogP contribution >= 0.6 is 23.2 Å². The number of nitrogens with two attached hydrogens (primary N) is 2. The second kappa shape index (κ2) is 15.6. The van der Waals surface area contributed by atoms with Crippen molar-refractivity contribution in [3.63, 3.8) is 0 Å². The summed E-state index contributed by atoms with van der Waals surface area (Å²) in [6.45, 7) is 1.19. The molecule has 1 fully saturated rings. The molecule has 9 heteroatoms. The van der Waals surface area contributed by atoms with E-state index in [4.69, 9.17) is 34.7 Å². The van der Waals surface area contributed by atoms with Crippen molar-refractivity contribution in [3.05, 3.63) is 142 Å². The summed E-state index contributed by atoms with van der Waals surface area (Å²) in [6.07, 6.45) is 2.14. The highest BCUT2D eigenvalue weighted by Gasteiger charge is 2.39. The SMILES string of the molecule is NC(N)=NCCC[C@H]1CN(C(=O)Cc2ccc3ccccc3c2)[C@H](Cc2ccccc2)CN1C(=O)c1ccccc1-c1ccc(Cl)cc1Cl. The fourth-order valence-corrected chi connectivity index (χ4v) is 7.25. The number of fused-ring (bicyclic) bond motifs is 1. The molecular formula is C40H39Cl2N5O2. The van der Waals surface area contributed by atoms with E-state index in [0.717, 1.165) is 33.0 Å². The highest BCUT2D eigenvalue weighted by atomic mass is 35.5. The predicted molar refractivity (Wildman–Crippen MR) is 200 cm³/mol. The second-order valence-electron chi connectivity index (χ2n) is 12.5. The number of amides is 2. The van der Waals surface area contributed by atoms with Crippen LogP contribution in [0.1, 0.15) is 34.3 Å². The Balaban J connectivity index is 1.34. The molecule has 1 saturated heterocycles. The highest BCUT2D eigenvalue weighted by molar-refractivity contribution is 6.36. The van der Waals surface area contributed by atoms with Crippen molar-refractivity contribution in [2.24, 2.45) is 16.5 Å². The molecule has 7 nitrogen and oxygen atoms in total. The van der Waals surface area contributed by atoms with Gasteiger partial charge < -0.3 is 21.3 Å². The molecule has 2 amide bonds. The number of hydrogen-bond donors (Lipinski definition) is 2. The average molecular weight is 693 g/mol. The van der Waals surface area contributed by atoms with Gasteiger partial charge in [-0.2, -0.15) is 0 Å². The first kappa shape index (κ1) is 34.0. The number of nitrogens with zero attached hydrogens (tertiary/aromatic N) is 3. The summed E-state index contributed by atoms with van der Waals surface area (Å²) in [5.41, 5.74) is 15.3. The quantitative estimate of drug-likeness (QED) is 0.0906. The van der Waals surface area contributed by atoms with E-state index in [1.165, 1.54) is 0 Å². The molecule has 5 aromatic carbocycles. The van der Waals surface area contributed by atoms with Gasteiger partial charge in [0, 0.05) is 46.8 Å². The van der Waals surface area contributed by atoms with E-state index in [2.05, 4.69) is 41.4 Å². The fraction of sp³-hybridized carbons (Fsp3) is 0.225. The lowest BCUT2D eigenvalue weighted by Gasteiger charge is -2.47. The Morgan fingerprint density at radius 1 is 0.714 bits per heavy atom. The molecule has 1 aliphatic rings. The Morgan fingerprint density at radius 2 is 1.43 bits per heavy atom. The summed E-state index contributed by atoms with van der Waals surface area (Å²) < 4.78 is 0. The molecule has 2 atom stereocenters. The summed E-state index contributed by atoms with van der Waals surface area (Å²) in [5.74, 6) is -0.0560. The van der Waals surface area contributed by atoms with E-state index in [0.29, 0.717) is 54.5 Å². The minimum Gasteiger partial charge on any atom is -0.370 e. The lowest BCUT2D eigenvalue weighted by Crippen LogP contribution is -2.62. The Hall–Kier alpha value is -4.85. The highest BCUT2D eigenvalue weighted by Crippen LogP contribution is 2.34. The lowest BCUT2D eigenvalue weighted by molar-refractivity contribution is -0.136. The van der Waals surface area contributed by atoms with Gasteiger partial charge in [-0.25, -0.2) is 0 Å². The minimum atomic E-state index is -0.261. The average Bonchev–Trinajstić information content (AvgIpc) is 3.10. The fourth-order valence-electron chi connectivity index (χ4n) is 6.74. The molecule has 49 heavy (non-hydrogen) atoms. The van der Waals surface area contributed by atoms with Crippen molar-refractivity contribution in [1.82, 2.24) is 9.80 Å². The van der Waals surface area contributed by atoms with Gasteiger partial charge in [0.15, 0.2) is 5.96 Å². The van der Waals surface area contributed by atoms with Crippen LogP contribution in [0.5, 0.6) is 0 Å². The predicted octanol–water partition coefficient (Wildman–Crippen LogP) is 7.37. The smallest absolute Gasteiger partial charge is 0.254 e. The van der Waals surface area contributed by atoms with Crippen LogP contribution in [-0.4, -0.2) is 59.3 Å². The van der Waals surface area contributed by atoms with E-state index in [1.807, 2.05) is 76.5 Å². The maximum Gasteiger partial charge on any atom is 0.254 e. The maximum absolute atomic E-state index is 14.7. The van der Waals surface area contributed by atoms with E-state index >= 15 is 0 Å². The summed E-state index contributed by atoms with van der Waals surface area (Å²) >= 11 is 12.9. The second-order valence-corrected chi connectivity index (χ2v) is 13.3. The van der Waals surface area contributed by atoms with Crippen molar-refractivity contribution < 1.29 is 9.59 Å². The molecule has 0 unspecified atom stereocenters. The Bertz CT molecular complexity index is 1980. The summed E-state index contributed by atoms with van der Waals surface area (Å²) in [5, 5.41) is 3.22. The number of rotatable bonds is 10. The summed E-state index contributed by atoms with van der Waals surface area (Å²) in [4.78, 5) is 37.1. The largest absolute Gasteiger partial charge is 0.370 e. The minimum absolute atomic E-state index is 0.0282. The molecule has 0 aromatic heterocycles. The van der Waals surface area contributed by atoms with Gasteiger partial charge in [0.05, 0.1) is 12.5 Å². The summed E-state index contributed by atoms with van der Waals surface area (Å²) in [7, 11) is 0. The van der Waals surface area contributed by atoms with Gasteiger partial charge in [-0.05, 0) is 64.9 Å². The molecule has 0 bridgehead atoms. The van der Waals surface area contributed by atoms with Gasteiger partial charge in [-0.3, -0.25) is 14.6 Å². The first-order valence-corrected chi connectivity index (χ1v) is 17.2. The van der Waals surface area contributed by atoms with E-state index in [9.17, 15) is 9.59 Å². The van der Waals surface area contributed by atoms with Gasteiger partial charge in [0.1, 0.15) is 0 Å². The lowest BCUT2D eigenvalue weighted by atomic mass is 9.93. The van der Waals surface area contributed by atoms with Gasteiger partial charge in [-0.1, -0.05) is 120 Å². The normalized spacial score (nSPS) is 16.0. The first-order chi connectivity index (χ1) is 23.8. The molecule has 1 heterocycles. The zero-order valence-electron chi connectivity index (χ0n) is 27.1. The molecule has 0 spiro atoms. The first-order valence-electron chi connectivity index (χ1n) is 16.5. The molecule has 6 rings (SSSR count). The van der Waals surface area contributed by atoms with Crippen molar-refractivity contribution in [3.8, 4) is 11.1 Å². The molecule has 0 radical (unpaired) electrons. The maximum atomic E-state index is 14.7. The van der Waals surface area contributed by atoms with Crippen LogP contribution in [0.4, 0.5) is 0 Å². The Morgan fingerprint density at radius 3 is 2.20 bits per heavy atom. The number of halogens is 2. The molecule has 4 N–H and O–H groups in total. The molecule has 0 aliphatic carbocycles. The standard InChI is InChI=1S/C40H39Cl2N5O2/c41-31-18-19-35(37(42)24-31)34-14-6-7-15-36(34)39(49)47-26-33(22-27-9-2-1-3-10-27)46(25-32(47)13-8-20-45-40(43)44)38(48)23-28-16-17-29-11-4-5-12-30(29)21-28/h1-7,9-12,14-19,21,24,32-33H,8,13,20,22-23,25-26H2,(H4,43,44,45)/t32-,33+/m0/s1. The summed E-state index contributed by atoms with van der Waals surface area (Å²) in [6, 6.07) is 36.7. The number of piperazine rings is 1. The number of carbonyl (C=O) groups is 2.